The predicted molar refractivity (Wildman–Crippen MR) is 61.5 cm³/mol. The third kappa shape index (κ3) is 3.32. The Labute approximate surface area is 96.6 Å². The minimum Gasteiger partial charge on any atom is -0.389 e. The van der Waals surface area contributed by atoms with E-state index in [9.17, 15) is 9.90 Å². The molecule has 0 heterocycles. The number of hydrogen-bond donors (Lipinski definition) is 2. The Kier molecular flexibility index (Phi) is 4.96. The zero-order valence-corrected chi connectivity index (χ0v) is 9.87. The van der Waals surface area contributed by atoms with Crippen LogP contribution in [0.3, 0.4) is 0 Å². The van der Waals surface area contributed by atoms with Crippen LogP contribution in [0.15, 0.2) is 12.7 Å². The minimum atomic E-state index is -0.759. The molecule has 0 radical (unpaired) electrons. The third-order valence-corrected chi connectivity index (χ3v) is 3.35. The van der Waals surface area contributed by atoms with Crippen molar-refractivity contribution < 1.29 is 14.7 Å². The molecule has 2 N–H and O–H groups in total. The maximum absolute atomic E-state index is 11.2. The molecule has 1 amide bonds. The van der Waals surface area contributed by atoms with Gasteiger partial charge in [-0.25, -0.2) is 5.48 Å². The highest BCUT2D eigenvalue weighted by Gasteiger charge is 2.36. The summed E-state index contributed by atoms with van der Waals surface area (Å²) in [4.78, 5) is 15.8. The van der Waals surface area contributed by atoms with Crippen molar-refractivity contribution in [2.75, 3.05) is 7.11 Å². The lowest BCUT2D eigenvalue weighted by atomic mass is 9.73. The van der Waals surface area contributed by atoms with E-state index < -0.39 is 5.60 Å². The number of nitrogens with one attached hydrogen (secondary N) is 1. The van der Waals surface area contributed by atoms with Gasteiger partial charge in [0.05, 0.1) is 12.7 Å². The molecular weight excluding hydrogens is 206 g/mol. The van der Waals surface area contributed by atoms with Gasteiger partial charge < -0.3 is 5.11 Å². The third-order valence-electron chi connectivity index (χ3n) is 3.35. The van der Waals surface area contributed by atoms with E-state index in [0.717, 1.165) is 25.7 Å². The van der Waals surface area contributed by atoms with Gasteiger partial charge in [-0.05, 0) is 19.3 Å². The molecule has 0 spiro atoms. The maximum Gasteiger partial charge on any atom is 0.243 e. The fourth-order valence-electron chi connectivity index (χ4n) is 2.39. The fourth-order valence-corrected chi connectivity index (χ4v) is 2.39. The molecular formula is C12H21NO3. The summed E-state index contributed by atoms with van der Waals surface area (Å²) >= 11 is 0. The molecule has 1 rings (SSSR count). The number of carbonyl (C=O) groups excluding carboxylic acids is 1. The van der Waals surface area contributed by atoms with Gasteiger partial charge in [-0.3, -0.25) is 9.63 Å². The van der Waals surface area contributed by atoms with E-state index in [2.05, 4.69) is 16.9 Å². The maximum atomic E-state index is 11.2. The smallest absolute Gasteiger partial charge is 0.243 e. The molecule has 1 fully saturated rings. The van der Waals surface area contributed by atoms with Gasteiger partial charge in [-0.1, -0.05) is 18.9 Å². The average Bonchev–Trinajstić information content (AvgIpc) is 2.28. The molecule has 0 aromatic carbocycles. The summed E-state index contributed by atoms with van der Waals surface area (Å²) in [5, 5.41) is 10.5. The van der Waals surface area contributed by atoms with Crippen LogP contribution in [0.5, 0.6) is 0 Å². The molecule has 2 atom stereocenters. The van der Waals surface area contributed by atoms with E-state index in [1.165, 1.54) is 7.11 Å². The second-order valence-electron chi connectivity index (χ2n) is 4.42. The standard InChI is InChI=1S/C12H21NO3/c1-3-10-6-4-5-8-12(10,15)9-7-11(14)13-16-2/h3,10,15H,1,4-9H2,2H3,(H,13,14)/t10-,12?/m1/s1. The lowest BCUT2D eigenvalue weighted by Gasteiger charge is -2.38. The molecule has 92 valence electrons. The molecule has 0 aromatic rings. The summed E-state index contributed by atoms with van der Waals surface area (Å²) < 4.78 is 0. The molecule has 1 unspecified atom stereocenters. The van der Waals surface area contributed by atoms with Crippen molar-refractivity contribution in [2.24, 2.45) is 5.92 Å². The lowest BCUT2D eigenvalue weighted by molar-refractivity contribution is -0.133. The molecule has 0 saturated heterocycles. The zero-order chi connectivity index (χ0) is 12.0. The Morgan fingerprint density at radius 2 is 2.44 bits per heavy atom. The second kappa shape index (κ2) is 6.01. The Bertz CT molecular complexity index is 255. The van der Waals surface area contributed by atoms with Crippen LogP contribution in [-0.4, -0.2) is 23.7 Å². The molecule has 0 bridgehead atoms. The van der Waals surface area contributed by atoms with Crippen molar-refractivity contribution in [1.82, 2.24) is 5.48 Å². The van der Waals surface area contributed by atoms with E-state index in [1.54, 1.807) is 0 Å². The van der Waals surface area contributed by atoms with Gasteiger partial charge in [0.1, 0.15) is 0 Å². The number of hydroxylamine groups is 1. The Hall–Kier alpha value is -0.870. The predicted octanol–water partition coefficient (Wildman–Crippen LogP) is 1.55. The zero-order valence-electron chi connectivity index (χ0n) is 9.87. The molecule has 0 aromatic heterocycles. The summed E-state index contributed by atoms with van der Waals surface area (Å²) in [5.41, 5.74) is 1.50. The molecule has 1 saturated carbocycles. The van der Waals surface area contributed by atoms with Crippen LogP contribution in [0, 0.1) is 5.92 Å². The highest BCUT2D eigenvalue weighted by molar-refractivity contribution is 5.74. The van der Waals surface area contributed by atoms with Crippen molar-refractivity contribution in [3.63, 3.8) is 0 Å². The highest BCUT2D eigenvalue weighted by Crippen LogP contribution is 2.37. The second-order valence-corrected chi connectivity index (χ2v) is 4.42. The molecule has 4 heteroatoms. The molecule has 16 heavy (non-hydrogen) atoms. The Morgan fingerprint density at radius 1 is 1.69 bits per heavy atom. The van der Waals surface area contributed by atoms with Crippen LogP contribution < -0.4 is 5.48 Å². The minimum absolute atomic E-state index is 0.108. The van der Waals surface area contributed by atoms with Crippen molar-refractivity contribution >= 4 is 5.91 Å². The van der Waals surface area contributed by atoms with Gasteiger partial charge in [0.2, 0.25) is 5.91 Å². The number of rotatable bonds is 5. The normalized spacial score (nSPS) is 29.8. The summed E-state index contributed by atoms with van der Waals surface area (Å²) in [6, 6.07) is 0. The van der Waals surface area contributed by atoms with Crippen LogP contribution in [-0.2, 0) is 9.63 Å². The average molecular weight is 227 g/mol. The first-order chi connectivity index (χ1) is 7.62. The molecule has 1 aliphatic carbocycles. The Morgan fingerprint density at radius 3 is 3.06 bits per heavy atom. The topological polar surface area (TPSA) is 58.6 Å². The summed E-state index contributed by atoms with van der Waals surface area (Å²) in [5.74, 6) is -0.0825. The van der Waals surface area contributed by atoms with Crippen molar-refractivity contribution in [2.45, 2.75) is 44.1 Å². The Balaban J connectivity index is 2.48. The summed E-state index contributed by atoms with van der Waals surface area (Å²) in [6.45, 7) is 3.76. The van der Waals surface area contributed by atoms with Gasteiger partial charge in [0.25, 0.3) is 0 Å². The SMILES string of the molecule is C=C[C@@H]1CCCCC1(O)CCC(=O)NOC. The van der Waals surface area contributed by atoms with Gasteiger partial charge >= 0.3 is 0 Å². The van der Waals surface area contributed by atoms with Crippen molar-refractivity contribution in [3.8, 4) is 0 Å². The van der Waals surface area contributed by atoms with Crippen LogP contribution in [0.2, 0.25) is 0 Å². The van der Waals surface area contributed by atoms with Crippen molar-refractivity contribution in [1.29, 1.82) is 0 Å². The van der Waals surface area contributed by atoms with Crippen LogP contribution in [0.1, 0.15) is 38.5 Å². The van der Waals surface area contributed by atoms with Gasteiger partial charge in [0, 0.05) is 12.3 Å². The van der Waals surface area contributed by atoms with Gasteiger partial charge in [-0.15, -0.1) is 6.58 Å². The lowest BCUT2D eigenvalue weighted by Crippen LogP contribution is -2.40. The molecule has 0 aliphatic heterocycles. The summed E-state index contributed by atoms with van der Waals surface area (Å²) in [7, 11) is 1.40. The first kappa shape index (κ1) is 13.2. The first-order valence-electron chi connectivity index (χ1n) is 5.79. The highest BCUT2D eigenvalue weighted by atomic mass is 16.6. The van der Waals surface area contributed by atoms with Gasteiger partial charge in [-0.2, -0.15) is 0 Å². The monoisotopic (exact) mass is 227 g/mol. The van der Waals surface area contributed by atoms with Gasteiger partial charge in [0.15, 0.2) is 0 Å². The molecule has 1 aliphatic rings. The fraction of sp³-hybridized carbons (Fsp3) is 0.750. The van der Waals surface area contributed by atoms with E-state index in [4.69, 9.17) is 0 Å². The van der Waals surface area contributed by atoms with Crippen LogP contribution in [0.25, 0.3) is 0 Å². The van der Waals surface area contributed by atoms with E-state index in [0.29, 0.717) is 6.42 Å². The largest absolute Gasteiger partial charge is 0.389 e. The van der Waals surface area contributed by atoms with E-state index >= 15 is 0 Å². The van der Waals surface area contributed by atoms with Crippen LogP contribution >= 0.6 is 0 Å². The number of carbonyl (C=O) groups is 1. The van der Waals surface area contributed by atoms with Crippen molar-refractivity contribution in [3.05, 3.63) is 12.7 Å². The molecule has 4 nitrogen and oxygen atoms in total. The number of hydrogen-bond acceptors (Lipinski definition) is 3. The van der Waals surface area contributed by atoms with E-state index in [-0.39, 0.29) is 18.2 Å². The number of amides is 1. The van der Waals surface area contributed by atoms with Crippen LogP contribution in [0.4, 0.5) is 0 Å². The summed E-state index contributed by atoms with van der Waals surface area (Å²) in [6.07, 6.45) is 6.44. The van der Waals surface area contributed by atoms with E-state index in [1.807, 2.05) is 6.08 Å². The quantitative estimate of drug-likeness (QED) is 0.553. The first-order valence-corrected chi connectivity index (χ1v) is 5.79. The number of aliphatic hydroxyl groups is 1.